The molecule has 0 aliphatic rings. The first-order valence-electron chi connectivity index (χ1n) is 9.19. The Bertz CT molecular complexity index is 1040. The summed E-state index contributed by atoms with van der Waals surface area (Å²) in [6.07, 6.45) is 1.50. The molecule has 0 aliphatic heterocycles. The SMILES string of the molecule is Cc1c(C[C@@H](C)O)cnn(Cc2nc(CC(C)(O)c3ccc(Cl)cc3)no2)c1=O. The molecule has 3 rings (SSSR count). The molecule has 1 aromatic carbocycles. The molecule has 2 heterocycles. The van der Waals surface area contributed by atoms with Crippen LogP contribution < -0.4 is 5.56 Å². The summed E-state index contributed by atoms with van der Waals surface area (Å²) in [5.74, 6) is 0.527. The molecule has 3 aromatic rings. The van der Waals surface area contributed by atoms with Gasteiger partial charge in [-0.25, -0.2) is 4.68 Å². The van der Waals surface area contributed by atoms with Gasteiger partial charge >= 0.3 is 0 Å². The van der Waals surface area contributed by atoms with Gasteiger partial charge in [0.2, 0.25) is 5.89 Å². The zero-order chi connectivity index (χ0) is 21.2. The van der Waals surface area contributed by atoms with Crippen molar-refractivity contribution in [2.24, 2.45) is 0 Å². The molecule has 29 heavy (non-hydrogen) atoms. The normalized spacial score (nSPS) is 14.6. The highest BCUT2D eigenvalue weighted by molar-refractivity contribution is 6.30. The lowest BCUT2D eigenvalue weighted by atomic mass is 9.92. The van der Waals surface area contributed by atoms with Gasteiger partial charge in [0.05, 0.1) is 17.9 Å². The van der Waals surface area contributed by atoms with Crippen molar-refractivity contribution in [1.82, 2.24) is 19.9 Å². The third-order valence-corrected chi connectivity index (χ3v) is 4.92. The van der Waals surface area contributed by atoms with Crippen LogP contribution in [0, 0.1) is 6.92 Å². The van der Waals surface area contributed by atoms with Crippen LogP contribution in [0.1, 0.15) is 42.3 Å². The molecule has 2 aromatic heterocycles. The quantitative estimate of drug-likeness (QED) is 0.603. The van der Waals surface area contributed by atoms with E-state index in [1.165, 1.54) is 4.68 Å². The molecular weight excluding hydrogens is 396 g/mol. The predicted molar refractivity (Wildman–Crippen MR) is 107 cm³/mol. The molecule has 2 atom stereocenters. The van der Waals surface area contributed by atoms with Gasteiger partial charge in [0, 0.05) is 23.4 Å². The maximum Gasteiger partial charge on any atom is 0.270 e. The summed E-state index contributed by atoms with van der Waals surface area (Å²) in [7, 11) is 0. The summed E-state index contributed by atoms with van der Waals surface area (Å²) in [6.45, 7) is 5.03. The van der Waals surface area contributed by atoms with Crippen molar-refractivity contribution in [2.75, 3.05) is 0 Å². The van der Waals surface area contributed by atoms with Crippen LogP contribution >= 0.6 is 11.6 Å². The van der Waals surface area contributed by atoms with Gasteiger partial charge in [-0.05, 0) is 44.0 Å². The van der Waals surface area contributed by atoms with Crippen LogP contribution in [0.25, 0.3) is 0 Å². The topological polar surface area (TPSA) is 114 Å². The summed E-state index contributed by atoms with van der Waals surface area (Å²) in [5, 5.41) is 28.9. The lowest BCUT2D eigenvalue weighted by Crippen LogP contribution is -2.27. The summed E-state index contributed by atoms with van der Waals surface area (Å²) < 4.78 is 6.46. The number of nitrogens with zero attached hydrogens (tertiary/aromatic N) is 4. The maximum absolute atomic E-state index is 12.5. The highest BCUT2D eigenvalue weighted by Crippen LogP contribution is 2.25. The van der Waals surface area contributed by atoms with E-state index in [0.29, 0.717) is 34.0 Å². The molecule has 0 saturated carbocycles. The third kappa shape index (κ3) is 5.09. The first-order valence-corrected chi connectivity index (χ1v) is 9.57. The molecule has 0 spiro atoms. The molecule has 0 amide bonds. The number of aliphatic hydroxyl groups excluding tert-OH is 1. The van der Waals surface area contributed by atoms with Crippen LogP contribution in [0.4, 0.5) is 0 Å². The number of hydrogen-bond acceptors (Lipinski definition) is 7. The van der Waals surface area contributed by atoms with Crippen molar-refractivity contribution >= 4 is 11.6 Å². The standard InChI is InChI=1S/C20H23ClN4O4/c1-12(26)8-14-10-22-25(19(27)13(14)2)11-18-23-17(24-29-18)9-20(3,28)15-4-6-16(21)7-5-15/h4-7,10,12,26,28H,8-9,11H2,1-3H3/t12-,20?/m1/s1. The highest BCUT2D eigenvalue weighted by atomic mass is 35.5. The van der Waals surface area contributed by atoms with Crippen LogP contribution in [-0.4, -0.2) is 36.2 Å². The maximum atomic E-state index is 12.5. The summed E-state index contributed by atoms with van der Waals surface area (Å²) >= 11 is 5.89. The number of halogens is 1. The molecule has 0 radical (unpaired) electrons. The predicted octanol–water partition coefficient (Wildman–Crippen LogP) is 2.01. The molecule has 1 unspecified atom stereocenters. The van der Waals surface area contributed by atoms with Crippen LogP contribution in [0.15, 0.2) is 39.8 Å². The van der Waals surface area contributed by atoms with Crippen LogP contribution in [-0.2, 0) is 25.0 Å². The van der Waals surface area contributed by atoms with Gasteiger partial charge in [-0.1, -0.05) is 28.9 Å². The second-order valence-corrected chi connectivity index (χ2v) is 7.81. The number of aliphatic hydroxyl groups is 2. The highest BCUT2D eigenvalue weighted by Gasteiger charge is 2.26. The van der Waals surface area contributed by atoms with Gasteiger partial charge in [-0.3, -0.25) is 4.79 Å². The van der Waals surface area contributed by atoms with Gasteiger partial charge in [0.1, 0.15) is 6.54 Å². The molecule has 154 valence electrons. The van der Waals surface area contributed by atoms with E-state index < -0.39 is 11.7 Å². The van der Waals surface area contributed by atoms with E-state index in [0.717, 1.165) is 0 Å². The average molecular weight is 419 g/mol. The molecule has 9 heteroatoms. The fraction of sp³-hybridized carbons (Fsp3) is 0.400. The first-order chi connectivity index (χ1) is 13.7. The number of benzene rings is 1. The molecular formula is C20H23ClN4O4. The molecule has 2 N–H and O–H groups in total. The molecule has 8 nitrogen and oxygen atoms in total. The Labute approximate surface area is 172 Å². The van der Waals surface area contributed by atoms with Gasteiger partial charge in [0.15, 0.2) is 5.82 Å². The zero-order valence-electron chi connectivity index (χ0n) is 16.5. The second-order valence-electron chi connectivity index (χ2n) is 7.37. The Morgan fingerprint density at radius 3 is 2.66 bits per heavy atom. The number of aromatic nitrogens is 4. The average Bonchev–Trinajstić information content (AvgIpc) is 3.07. The van der Waals surface area contributed by atoms with Crippen molar-refractivity contribution in [2.45, 2.75) is 51.9 Å². The summed E-state index contributed by atoms with van der Waals surface area (Å²) in [5.41, 5.74) is 0.407. The molecule has 0 aliphatic carbocycles. The van der Waals surface area contributed by atoms with Crippen molar-refractivity contribution in [3.8, 4) is 0 Å². The first kappa shape index (κ1) is 21.2. The van der Waals surface area contributed by atoms with E-state index >= 15 is 0 Å². The van der Waals surface area contributed by atoms with Gasteiger partial charge < -0.3 is 14.7 Å². The van der Waals surface area contributed by atoms with Crippen molar-refractivity contribution in [1.29, 1.82) is 0 Å². The van der Waals surface area contributed by atoms with Crippen LogP contribution in [0.2, 0.25) is 5.02 Å². The minimum absolute atomic E-state index is 0.0186. The van der Waals surface area contributed by atoms with E-state index in [4.69, 9.17) is 16.1 Å². The summed E-state index contributed by atoms with van der Waals surface area (Å²) in [4.78, 5) is 16.8. The van der Waals surface area contributed by atoms with E-state index in [2.05, 4.69) is 15.2 Å². The van der Waals surface area contributed by atoms with E-state index in [1.54, 1.807) is 51.2 Å². The zero-order valence-corrected chi connectivity index (χ0v) is 17.2. The fourth-order valence-corrected chi connectivity index (χ4v) is 3.16. The lowest BCUT2D eigenvalue weighted by Gasteiger charge is -2.22. The van der Waals surface area contributed by atoms with E-state index in [9.17, 15) is 15.0 Å². The van der Waals surface area contributed by atoms with E-state index in [1.807, 2.05) is 0 Å². The Morgan fingerprint density at radius 2 is 2.00 bits per heavy atom. The second kappa shape index (κ2) is 8.44. The van der Waals surface area contributed by atoms with Crippen LogP contribution in [0.3, 0.4) is 0 Å². The Kier molecular flexibility index (Phi) is 6.16. The fourth-order valence-electron chi connectivity index (χ4n) is 3.03. The number of rotatable bonds is 7. The molecule has 0 bridgehead atoms. The molecule has 0 fully saturated rings. The number of hydrogen-bond donors (Lipinski definition) is 2. The van der Waals surface area contributed by atoms with Crippen molar-refractivity contribution in [3.05, 3.63) is 74.2 Å². The van der Waals surface area contributed by atoms with Crippen molar-refractivity contribution in [3.63, 3.8) is 0 Å². The van der Waals surface area contributed by atoms with Gasteiger partial charge in [0.25, 0.3) is 5.56 Å². The Morgan fingerprint density at radius 1 is 1.31 bits per heavy atom. The van der Waals surface area contributed by atoms with Gasteiger partial charge in [-0.2, -0.15) is 10.1 Å². The van der Waals surface area contributed by atoms with E-state index in [-0.39, 0.29) is 24.4 Å². The smallest absolute Gasteiger partial charge is 0.270 e. The minimum atomic E-state index is -1.21. The minimum Gasteiger partial charge on any atom is -0.393 e. The van der Waals surface area contributed by atoms with Gasteiger partial charge in [-0.15, -0.1) is 0 Å². The Hall–Kier alpha value is -2.55. The third-order valence-electron chi connectivity index (χ3n) is 4.67. The summed E-state index contributed by atoms with van der Waals surface area (Å²) in [6, 6.07) is 6.89. The molecule has 0 saturated heterocycles. The monoisotopic (exact) mass is 418 g/mol. The Balaban J connectivity index is 1.74. The van der Waals surface area contributed by atoms with Crippen LogP contribution in [0.5, 0.6) is 0 Å². The largest absolute Gasteiger partial charge is 0.393 e. The van der Waals surface area contributed by atoms with Crippen molar-refractivity contribution < 1.29 is 14.7 Å². The lowest BCUT2D eigenvalue weighted by molar-refractivity contribution is 0.0548.